The first-order valence-corrected chi connectivity index (χ1v) is 3.97. The fourth-order valence-electron chi connectivity index (χ4n) is 1.59. The van der Waals surface area contributed by atoms with Crippen LogP contribution in [-0.2, 0) is 9.47 Å². The number of likely N-dealkylation sites (tertiary alicyclic amines) is 1. The van der Waals surface area contributed by atoms with Gasteiger partial charge in [-0.05, 0) is 0 Å². The van der Waals surface area contributed by atoms with Crippen molar-refractivity contribution in [2.45, 2.75) is 18.6 Å². The van der Waals surface area contributed by atoms with E-state index in [1.165, 1.54) is 4.90 Å². The van der Waals surface area contributed by atoms with Gasteiger partial charge >= 0.3 is 0 Å². The van der Waals surface area contributed by atoms with Crippen molar-refractivity contribution in [3.63, 3.8) is 0 Å². The Hall–Kier alpha value is -0.120. The van der Waals surface area contributed by atoms with Crippen molar-refractivity contribution in [3.8, 4) is 0 Å². The van der Waals surface area contributed by atoms with Gasteiger partial charge in [-0.1, -0.05) is 0 Å². The molecule has 0 aliphatic carbocycles. The van der Waals surface area contributed by atoms with Gasteiger partial charge in [-0.25, -0.2) is 0 Å². The van der Waals surface area contributed by atoms with Gasteiger partial charge < -0.3 is 14.4 Å². The highest BCUT2D eigenvalue weighted by molar-refractivity contribution is 4.70. The number of methoxy groups -OCH3 is 2. The summed E-state index contributed by atoms with van der Waals surface area (Å²) < 4.78 is 10.3. The Morgan fingerprint density at radius 3 is 2.73 bits per heavy atom. The second kappa shape index (κ2) is 4.04. The van der Waals surface area contributed by atoms with E-state index in [4.69, 9.17) is 9.47 Å². The van der Waals surface area contributed by atoms with Crippen LogP contribution in [0, 0.1) is 7.05 Å². The van der Waals surface area contributed by atoms with Gasteiger partial charge in [0.2, 0.25) is 0 Å². The van der Waals surface area contributed by atoms with Gasteiger partial charge in [0.25, 0.3) is 0 Å². The van der Waals surface area contributed by atoms with Crippen LogP contribution in [0.3, 0.4) is 0 Å². The van der Waals surface area contributed by atoms with Crippen LogP contribution < -0.4 is 4.90 Å². The van der Waals surface area contributed by atoms with Crippen molar-refractivity contribution >= 4 is 0 Å². The van der Waals surface area contributed by atoms with E-state index in [1.54, 1.807) is 14.2 Å². The van der Waals surface area contributed by atoms with Gasteiger partial charge in [-0.2, -0.15) is 7.05 Å². The van der Waals surface area contributed by atoms with Gasteiger partial charge in [0.05, 0.1) is 19.2 Å². The van der Waals surface area contributed by atoms with E-state index in [0.29, 0.717) is 12.1 Å². The minimum Gasteiger partial charge on any atom is -0.461 e. The summed E-state index contributed by atoms with van der Waals surface area (Å²) in [4.78, 5) is 1.28. The number of nitrogens with one attached hydrogen (secondary N) is 1. The monoisotopic (exact) mass is 159 g/mol. The van der Waals surface area contributed by atoms with Crippen LogP contribution in [0.1, 0.15) is 6.42 Å². The van der Waals surface area contributed by atoms with Gasteiger partial charge in [-0.15, -0.1) is 0 Å². The second-order valence-corrected chi connectivity index (χ2v) is 3.11. The van der Waals surface area contributed by atoms with Gasteiger partial charge in [0.15, 0.2) is 0 Å². The first-order valence-electron chi connectivity index (χ1n) is 3.97. The summed E-state index contributed by atoms with van der Waals surface area (Å²) in [6, 6.07) is 0.518. The largest absolute Gasteiger partial charge is 0.461 e. The van der Waals surface area contributed by atoms with Crippen molar-refractivity contribution in [3.05, 3.63) is 7.05 Å². The first-order chi connectivity index (χ1) is 5.27. The molecule has 1 rings (SSSR count). The van der Waals surface area contributed by atoms with Crippen LogP contribution in [0.5, 0.6) is 0 Å². The number of ether oxygens (including phenoxy) is 2. The summed E-state index contributed by atoms with van der Waals surface area (Å²) in [5.74, 6) is 0. The van der Waals surface area contributed by atoms with Gasteiger partial charge in [-0.3, -0.25) is 0 Å². The maximum absolute atomic E-state index is 5.24. The van der Waals surface area contributed by atoms with Gasteiger partial charge in [0, 0.05) is 20.6 Å². The van der Waals surface area contributed by atoms with Crippen LogP contribution in [-0.4, -0.2) is 39.5 Å². The van der Waals surface area contributed by atoms with E-state index < -0.39 is 0 Å². The van der Waals surface area contributed by atoms with Crippen molar-refractivity contribution in [1.29, 1.82) is 0 Å². The highest BCUT2D eigenvalue weighted by Crippen LogP contribution is 2.04. The molecule has 0 bridgehead atoms. The third kappa shape index (κ3) is 2.15. The van der Waals surface area contributed by atoms with E-state index >= 15 is 0 Å². The number of quaternary nitrogens is 1. The lowest BCUT2D eigenvalue weighted by Crippen LogP contribution is -3.09. The molecule has 0 aromatic carbocycles. The van der Waals surface area contributed by atoms with Crippen LogP contribution in [0.4, 0.5) is 0 Å². The Morgan fingerprint density at radius 1 is 1.55 bits per heavy atom. The Morgan fingerprint density at radius 2 is 2.27 bits per heavy atom. The summed E-state index contributed by atoms with van der Waals surface area (Å²) in [6.07, 6.45) is 1.45. The zero-order valence-electron chi connectivity index (χ0n) is 7.30. The third-order valence-corrected chi connectivity index (χ3v) is 2.32. The lowest BCUT2D eigenvalue weighted by molar-refractivity contribution is -0.868. The van der Waals surface area contributed by atoms with Crippen molar-refractivity contribution < 1.29 is 14.4 Å². The van der Waals surface area contributed by atoms with E-state index in [1.807, 2.05) is 0 Å². The lowest BCUT2D eigenvalue weighted by atomic mass is 10.2. The van der Waals surface area contributed by atoms with Crippen LogP contribution >= 0.6 is 0 Å². The highest BCUT2D eigenvalue weighted by Gasteiger charge is 2.29. The molecule has 0 aromatic rings. The van der Waals surface area contributed by atoms with E-state index in [0.717, 1.165) is 19.6 Å². The third-order valence-electron chi connectivity index (χ3n) is 2.32. The molecule has 1 aliphatic heterocycles. The smallest absolute Gasteiger partial charge is 0.109 e. The summed E-state index contributed by atoms with van der Waals surface area (Å²) >= 11 is 0. The maximum atomic E-state index is 5.24. The first kappa shape index (κ1) is 8.97. The molecule has 0 radical (unpaired) electrons. The standard InChI is InChI=1S/C8H17NO2/c1-9-5-8(11-3)4-7(9)6-10-2/h7-9H,1,4-6H2,2-3H3/t7-,8-/m0/s1. The molecule has 0 amide bonds. The molecule has 1 aliphatic rings. The predicted octanol–water partition coefficient (Wildman–Crippen LogP) is -0.903. The minimum atomic E-state index is 0.377. The molecule has 0 saturated carbocycles. The molecule has 1 unspecified atom stereocenters. The molecule has 66 valence electrons. The van der Waals surface area contributed by atoms with E-state index in [-0.39, 0.29) is 0 Å². The van der Waals surface area contributed by atoms with Gasteiger partial charge in [0.1, 0.15) is 6.10 Å². The molecule has 1 fully saturated rings. The van der Waals surface area contributed by atoms with Crippen LogP contribution in [0.2, 0.25) is 0 Å². The molecule has 1 saturated heterocycles. The summed E-state index contributed by atoms with van der Waals surface area (Å²) in [5.41, 5.74) is 0. The lowest BCUT2D eigenvalue weighted by Gasteiger charge is -2.21. The highest BCUT2D eigenvalue weighted by atomic mass is 16.5. The number of hydrogen-bond donors (Lipinski definition) is 1. The summed E-state index contributed by atoms with van der Waals surface area (Å²) in [6.45, 7) is 1.79. The number of hydrogen-bond acceptors (Lipinski definition) is 2. The topological polar surface area (TPSA) is 22.9 Å². The average molecular weight is 159 g/mol. The zero-order valence-corrected chi connectivity index (χ0v) is 7.30. The summed E-state index contributed by atoms with van der Waals surface area (Å²) in [5, 5.41) is 0. The van der Waals surface area contributed by atoms with Crippen LogP contribution in [0.25, 0.3) is 0 Å². The maximum Gasteiger partial charge on any atom is 0.109 e. The van der Waals surface area contributed by atoms with E-state index in [2.05, 4.69) is 7.05 Å². The molecule has 3 atom stereocenters. The molecular weight excluding hydrogens is 142 g/mol. The Bertz CT molecular complexity index is 119. The fraction of sp³-hybridized carbons (Fsp3) is 0.875. The normalized spacial score (nSPS) is 37.9. The molecular formula is C8H17NO2. The van der Waals surface area contributed by atoms with Crippen LogP contribution in [0.15, 0.2) is 0 Å². The minimum absolute atomic E-state index is 0.377. The van der Waals surface area contributed by atoms with Crippen molar-refractivity contribution in [2.24, 2.45) is 0 Å². The molecule has 1 N–H and O–H groups in total. The predicted molar refractivity (Wildman–Crippen MR) is 42.3 cm³/mol. The van der Waals surface area contributed by atoms with Crippen molar-refractivity contribution in [1.82, 2.24) is 0 Å². The molecule has 0 spiro atoms. The Balaban J connectivity index is 2.32. The van der Waals surface area contributed by atoms with E-state index in [9.17, 15) is 0 Å². The Kier molecular flexibility index (Phi) is 3.30. The molecule has 0 aromatic heterocycles. The molecule has 11 heavy (non-hydrogen) atoms. The second-order valence-electron chi connectivity index (χ2n) is 3.11. The molecule has 3 nitrogen and oxygen atoms in total. The fourth-order valence-corrected chi connectivity index (χ4v) is 1.59. The quantitative estimate of drug-likeness (QED) is 0.539. The van der Waals surface area contributed by atoms with Crippen molar-refractivity contribution in [2.75, 3.05) is 27.4 Å². The molecule has 3 heteroatoms. The summed E-state index contributed by atoms with van der Waals surface area (Å²) in [7, 11) is 7.48. The Labute approximate surface area is 68.3 Å². The SMILES string of the molecule is [CH2-][NH+]1C[C@@H](OC)C[C@H]1COC. The molecule has 1 heterocycles. The number of rotatable bonds is 3. The zero-order chi connectivity index (χ0) is 8.27. The average Bonchev–Trinajstić information content (AvgIpc) is 2.33.